The first-order chi connectivity index (χ1) is 24.2. The molecule has 6 rings (SSSR count). The van der Waals surface area contributed by atoms with E-state index in [4.69, 9.17) is 0 Å². The molecule has 0 amide bonds. The maximum atomic E-state index is 15.1. The molecule has 4 aromatic carbocycles. The molecule has 6 aromatic rings. The van der Waals surface area contributed by atoms with Crippen LogP contribution in [0.2, 0.25) is 0 Å². The van der Waals surface area contributed by atoms with E-state index >= 15 is 4.79 Å². The highest BCUT2D eigenvalue weighted by atomic mass is 16.1. The Hall–Kier alpha value is -4.89. The standard InChI is InChI=1S/C49H56N2O/c1-46(2,3)35-21-13-31(14-22-35)39-29-41(33-17-25-37(26-18-33)48(7,8)9)50-43(39)45(52)44-40(32-15-23-36(24-16-32)47(4,5)6)30-42(51-44)34-19-27-38(28-20-34)49(10,11)12/h13-30,50-51H,1-12H3. The largest absolute Gasteiger partial charge is 0.351 e. The number of carbonyl (C=O) groups is 1. The average Bonchev–Trinajstić information content (AvgIpc) is 3.73. The molecule has 3 nitrogen and oxygen atoms in total. The molecule has 0 atom stereocenters. The first kappa shape index (κ1) is 36.9. The van der Waals surface area contributed by atoms with Gasteiger partial charge < -0.3 is 9.97 Å². The Morgan fingerprint density at radius 1 is 0.365 bits per heavy atom. The summed E-state index contributed by atoms with van der Waals surface area (Å²) in [7, 11) is 0. The molecular weight excluding hydrogens is 633 g/mol. The summed E-state index contributed by atoms with van der Waals surface area (Å²) in [6.45, 7) is 26.7. The first-order valence-electron chi connectivity index (χ1n) is 18.6. The fraction of sp³-hybridized carbons (Fsp3) is 0.327. The normalized spacial score (nSPS) is 12.7. The quantitative estimate of drug-likeness (QED) is 0.168. The number of hydrogen-bond acceptors (Lipinski definition) is 1. The minimum Gasteiger partial charge on any atom is -0.351 e. The molecule has 0 aliphatic carbocycles. The summed E-state index contributed by atoms with van der Waals surface area (Å²) in [6, 6.07) is 39.0. The van der Waals surface area contributed by atoms with Gasteiger partial charge in [-0.15, -0.1) is 0 Å². The number of nitrogens with one attached hydrogen (secondary N) is 2. The second-order valence-corrected chi connectivity index (χ2v) is 18.6. The Kier molecular flexibility index (Phi) is 9.41. The zero-order chi connectivity index (χ0) is 37.8. The minimum absolute atomic E-state index is 0.0262. The van der Waals surface area contributed by atoms with Crippen LogP contribution in [0.5, 0.6) is 0 Å². The van der Waals surface area contributed by atoms with Crippen LogP contribution in [0.3, 0.4) is 0 Å². The van der Waals surface area contributed by atoms with E-state index in [9.17, 15) is 0 Å². The molecule has 0 aliphatic heterocycles. The molecule has 0 saturated carbocycles. The van der Waals surface area contributed by atoms with Crippen molar-refractivity contribution in [3.63, 3.8) is 0 Å². The van der Waals surface area contributed by atoms with E-state index in [1.807, 2.05) is 0 Å². The van der Waals surface area contributed by atoms with Gasteiger partial charge in [0.1, 0.15) is 0 Å². The first-order valence-corrected chi connectivity index (χ1v) is 18.6. The van der Waals surface area contributed by atoms with Crippen LogP contribution in [-0.4, -0.2) is 15.8 Å². The maximum Gasteiger partial charge on any atom is 0.226 e. The number of benzene rings is 4. The summed E-state index contributed by atoms with van der Waals surface area (Å²) < 4.78 is 0. The molecule has 268 valence electrons. The van der Waals surface area contributed by atoms with Crippen molar-refractivity contribution in [2.45, 2.75) is 105 Å². The van der Waals surface area contributed by atoms with Gasteiger partial charge in [-0.25, -0.2) is 0 Å². The number of hydrogen-bond donors (Lipinski definition) is 2. The van der Waals surface area contributed by atoms with Crippen molar-refractivity contribution in [2.75, 3.05) is 0 Å². The average molecular weight is 689 g/mol. The van der Waals surface area contributed by atoms with Crippen molar-refractivity contribution in [3.05, 3.63) is 143 Å². The van der Waals surface area contributed by atoms with Crippen LogP contribution in [0.1, 0.15) is 122 Å². The SMILES string of the molecule is CC(C)(C)c1ccc(-c2cc(-c3ccc(C(C)(C)C)cc3)c(C(=O)c3[nH]c(-c4ccc(C(C)(C)C)cc4)cc3-c3ccc(C(C)(C)C)cc3)[nH]2)cc1. The van der Waals surface area contributed by atoms with Crippen molar-refractivity contribution in [2.24, 2.45) is 0 Å². The monoisotopic (exact) mass is 688 g/mol. The minimum atomic E-state index is -0.0695. The molecule has 0 unspecified atom stereocenters. The third kappa shape index (κ3) is 7.65. The van der Waals surface area contributed by atoms with Crippen molar-refractivity contribution in [1.29, 1.82) is 0 Å². The Labute approximate surface area is 312 Å². The topological polar surface area (TPSA) is 48.6 Å². The summed E-state index contributed by atoms with van der Waals surface area (Å²) in [5.41, 5.74) is 14.1. The molecule has 2 aromatic heterocycles. The van der Waals surface area contributed by atoms with Gasteiger partial charge >= 0.3 is 0 Å². The third-order valence-corrected chi connectivity index (χ3v) is 10.3. The van der Waals surface area contributed by atoms with E-state index in [1.54, 1.807) is 0 Å². The van der Waals surface area contributed by atoms with E-state index in [1.165, 1.54) is 22.3 Å². The van der Waals surface area contributed by atoms with Gasteiger partial charge in [0.25, 0.3) is 0 Å². The Bertz CT molecular complexity index is 2020. The fourth-order valence-corrected chi connectivity index (χ4v) is 6.76. The van der Waals surface area contributed by atoms with Crippen LogP contribution in [0, 0.1) is 0 Å². The smallest absolute Gasteiger partial charge is 0.226 e. The number of carbonyl (C=O) groups excluding carboxylic acids is 1. The van der Waals surface area contributed by atoms with Gasteiger partial charge in [-0.05, 0) is 78.3 Å². The number of aromatic amines is 2. The summed E-state index contributed by atoms with van der Waals surface area (Å²) in [5, 5.41) is 0. The van der Waals surface area contributed by atoms with Crippen molar-refractivity contribution in [1.82, 2.24) is 9.97 Å². The molecule has 0 saturated heterocycles. The fourth-order valence-electron chi connectivity index (χ4n) is 6.76. The van der Waals surface area contributed by atoms with Gasteiger partial charge in [-0.1, -0.05) is 180 Å². The van der Waals surface area contributed by atoms with Crippen molar-refractivity contribution >= 4 is 5.78 Å². The highest BCUT2D eigenvalue weighted by Crippen LogP contribution is 2.38. The molecule has 0 radical (unpaired) electrons. The molecule has 0 spiro atoms. The van der Waals surface area contributed by atoms with Gasteiger partial charge in [0, 0.05) is 22.5 Å². The lowest BCUT2D eigenvalue weighted by Crippen LogP contribution is -2.11. The second-order valence-electron chi connectivity index (χ2n) is 18.6. The summed E-state index contributed by atoms with van der Waals surface area (Å²) in [5.74, 6) is -0.0695. The molecule has 2 heterocycles. The summed E-state index contributed by atoms with van der Waals surface area (Å²) >= 11 is 0. The molecule has 52 heavy (non-hydrogen) atoms. The van der Waals surface area contributed by atoms with Crippen LogP contribution in [-0.2, 0) is 21.7 Å². The van der Waals surface area contributed by atoms with E-state index in [0.717, 1.165) is 44.8 Å². The van der Waals surface area contributed by atoms with E-state index in [2.05, 4.69) is 202 Å². The number of aromatic nitrogens is 2. The van der Waals surface area contributed by atoms with Crippen LogP contribution in [0.15, 0.2) is 109 Å². The van der Waals surface area contributed by atoms with Crippen molar-refractivity contribution < 1.29 is 4.79 Å². The zero-order valence-electron chi connectivity index (χ0n) is 33.3. The van der Waals surface area contributed by atoms with Crippen LogP contribution >= 0.6 is 0 Å². The van der Waals surface area contributed by atoms with Gasteiger partial charge in [0.05, 0.1) is 11.4 Å². The number of H-pyrrole nitrogens is 2. The number of ketones is 1. The highest BCUT2D eigenvalue weighted by Gasteiger charge is 2.26. The van der Waals surface area contributed by atoms with Gasteiger partial charge in [-0.3, -0.25) is 4.79 Å². The summed E-state index contributed by atoms with van der Waals surface area (Å²) in [6.07, 6.45) is 0. The molecule has 0 fully saturated rings. The van der Waals surface area contributed by atoms with Crippen LogP contribution in [0.25, 0.3) is 44.8 Å². The Morgan fingerprint density at radius 3 is 0.827 bits per heavy atom. The molecule has 0 aliphatic rings. The van der Waals surface area contributed by atoms with E-state index in [-0.39, 0.29) is 27.4 Å². The Balaban J connectivity index is 1.51. The second kappa shape index (κ2) is 13.3. The lowest BCUT2D eigenvalue weighted by atomic mass is 9.86. The van der Waals surface area contributed by atoms with Gasteiger partial charge in [0.15, 0.2) is 0 Å². The molecule has 3 heteroatoms. The van der Waals surface area contributed by atoms with Gasteiger partial charge in [-0.2, -0.15) is 0 Å². The van der Waals surface area contributed by atoms with E-state index < -0.39 is 0 Å². The van der Waals surface area contributed by atoms with E-state index in [0.29, 0.717) is 11.4 Å². The molecule has 0 bridgehead atoms. The summed E-state index contributed by atoms with van der Waals surface area (Å²) in [4.78, 5) is 22.3. The van der Waals surface area contributed by atoms with Gasteiger partial charge in [0.2, 0.25) is 5.78 Å². The van der Waals surface area contributed by atoms with Crippen molar-refractivity contribution in [3.8, 4) is 44.8 Å². The van der Waals surface area contributed by atoms with Crippen LogP contribution < -0.4 is 0 Å². The lowest BCUT2D eigenvalue weighted by Gasteiger charge is -2.19. The third-order valence-electron chi connectivity index (χ3n) is 10.3. The zero-order valence-corrected chi connectivity index (χ0v) is 33.3. The predicted molar refractivity (Wildman–Crippen MR) is 222 cm³/mol. The predicted octanol–water partition coefficient (Wildman–Crippen LogP) is 13.4. The number of rotatable bonds is 6. The van der Waals surface area contributed by atoms with Crippen LogP contribution in [0.4, 0.5) is 0 Å². The molecule has 2 N–H and O–H groups in total. The maximum absolute atomic E-state index is 15.1. The molecular formula is C49H56N2O. The lowest BCUT2D eigenvalue weighted by molar-refractivity contribution is 0.103. The Morgan fingerprint density at radius 2 is 0.596 bits per heavy atom. The highest BCUT2D eigenvalue weighted by molar-refractivity contribution is 6.15.